The molecule has 1 N–H and O–H groups in total. The number of methoxy groups -OCH3 is 1. The largest absolute Gasteiger partial charge is 0.469 e. The maximum Gasteiger partial charge on any atom is 0.407 e. The minimum atomic E-state index is -0.514. The minimum Gasteiger partial charge on any atom is -0.469 e. The van der Waals surface area contributed by atoms with E-state index in [-0.39, 0.29) is 36.9 Å². The van der Waals surface area contributed by atoms with Crippen molar-refractivity contribution in [3.63, 3.8) is 0 Å². The molecule has 0 radical (unpaired) electrons. The summed E-state index contributed by atoms with van der Waals surface area (Å²) in [6, 6.07) is 16.1. The normalized spacial score (nSPS) is 13.6. The lowest BCUT2D eigenvalue weighted by Crippen LogP contribution is -2.41. The molecule has 0 heterocycles. The first-order chi connectivity index (χ1) is 13.0. The van der Waals surface area contributed by atoms with Crippen LogP contribution < -0.4 is 5.32 Å². The predicted octanol–water partition coefficient (Wildman–Crippen LogP) is 4.11. The Kier molecular flexibility index (Phi) is 5.79. The van der Waals surface area contributed by atoms with Crippen molar-refractivity contribution < 1.29 is 19.1 Å². The third kappa shape index (κ3) is 4.13. The van der Waals surface area contributed by atoms with Gasteiger partial charge in [0.1, 0.15) is 6.61 Å². The van der Waals surface area contributed by atoms with E-state index in [1.54, 1.807) is 0 Å². The van der Waals surface area contributed by atoms with Crippen LogP contribution >= 0.6 is 0 Å². The molecule has 1 amide bonds. The van der Waals surface area contributed by atoms with Gasteiger partial charge in [0.2, 0.25) is 0 Å². The van der Waals surface area contributed by atoms with E-state index in [1.807, 2.05) is 38.1 Å². The summed E-state index contributed by atoms with van der Waals surface area (Å²) in [5, 5.41) is 2.79. The Labute approximate surface area is 159 Å². The van der Waals surface area contributed by atoms with Gasteiger partial charge in [0, 0.05) is 12.0 Å². The van der Waals surface area contributed by atoms with Crippen LogP contribution in [-0.4, -0.2) is 31.8 Å². The first-order valence-corrected chi connectivity index (χ1v) is 9.19. The molecule has 5 heteroatoms. The molecule has 3 rings (SSSR count). The van der Waals surface area contributed by atoms with Crippen LogP contribution in [0.3, 0.4) is 0 Å². The molecule has 0 unspecified atom stereocenters. The van der Waals surface area contributed by atoms with Crippen LogP contribution in [0.15, 0.2) is 48.5 Å². The summed E-state index contributed by atoms with van der Waals surface area (Å²) >= 11 is 0. The number of nitrogens with one attached hydrogen (secondary N) is 1. The monoisotopic (exact) mass is 367 g/mol. The molecular weight excluding hydrogens is 342 g/mol. The fraction of sp³-hybridized carbons (Fsp3) is 0.364. The van der Waals surface area contributed by atoms with Gasteiger partial charge in [0.15, 0.2) is 0 Å². The van der Waals surface area contributed by atoms with E-state index in [9.17, 15) is 9.59 Å². The number of rotatable bonds is 6. The first-order valence-electron chi connectivity index (χ1n) is 9.19. The highest BCUT2D eigenvalue weighted by Crippen LogP contribution is 2.44. The zero-order valence-electron chi connectivity index (χ0n) is 15.9. The molecule has 1 aliphatic rings. The molecule has 2 aromatic carbocycles. The van der Waals surface area contributed by atoms with Gasteiger partial charge in [-0.3, -0.25) is 4.79 Å². The average Bonchev–Trinajstić information content (AvgIpc) is 2.99. The quantitative estimate of drug-likeness (QED) is 0.780. The lowest BCUT2D eigenvalue weighted by atomic mass is 9.98. The number of carbonyl (C=O) groups is 2. The number of hydrogen-bond acceptors (Lipinski definition) is 4. The number of esters is 1. The summed E-state index contributed by atoms with van der Waals surface area (Å²) in [7, 11) is 1.34. The van der Waals surface area contributed by atoms with Crippen molar-refractivity contribution in [3.05, 3.63) is 59.7 Å². The summed E-state index contributed by atoms with van der Waals surface area (Å²) in [6.45, 7) is 4.14. The topological polar surface area (TPSA) is 64.6 Å². The SMILES string of the molecule is COC(=O)C[C@@H](NC(=O)OCC1c2ccccc2-c2ccccc21)C(C)C. The van der Waals surface area contributed by atoms with E-state index in [0.29, 0.717) is 0 Å². The maximum absolute atomic E-state index is 12.3. The van der Waals surface area contributed by atoms with E-state index >= 15 is 0 Å². The summed E-state index contributed by atoms with van der Waals surface area (Å²) in [5.74, 6) is -0.251. The van der Waals surface area contributed by atoms with E-state index in [2.05, 4.69) is 29.6 Å². The molecule has 0 spiro atoms. The molecule has 0 fully saturated rings. The number of benzene rings is 2. The second kappa shape index (κ2) is 8.25. The molecule has 27 heavy (non-hydrogen) atoms. The minimum absolute atomic E-state index is 0.0151. The Bertz CT molecular complexity index is 785. The van der Waals surface area contributed by atoms with Crippen molar-refractivity contribution in [3.8, 4) is 11.1 Å². The third-order valence-electron chi connectivity index (χ3n) is 5.07. The zero-order valence-corrected chi connectivity index (χ0v) is 15.9. The van der Waals surface area contributed by atoms with Crippen LogP contribution in [0, 0.1) is 5.92 Å². The number of alkyl carbamates (subject to hydrolysis) is 1. The van der Waals surface area contributed by atoms with Crippen LogP contribution in [0.25, 0.3) is 11.1 Å². The van der Waals surface area contributed by atoms with Gasteiger partial charge in [-0.2, -0.15) is 0 Å². The average molecular weight is 367 g/mol. The fourth-order valence-corrected chi connectivity index (χ4v) is 3.51. The highest BCUT2D eigenvalue weighted by molar-refractivity contribution is 5.79. The Hall–Kier alpha value is -2.82. The van der Waals surface area contributed by atoms with E-state index in [1.165, 1.54) is 29.4 Å². The second-order valence-corrected chi connectivity index (χ2v) is 7.10. The molecule has 1 atom stereocenters. The van der Waals surface area contributed by atoms with Gasteiger partial charge in [-0.15, -0.1) is 0 Å². The van der Waals surface area contributed by atoms with Gasteiger partial charge in [0.05, 0.1) is 13.5 Å². The van der Waals surface area contributed by atoms with Crippen molar-refractivity contribution in [2.75, 3.05) is 13.7 Å². The van der Waals surface area contributed by atoms with Crippen molar-refractivity contribution >= 4 is 12.1 Å². The van der Waals surface area contributed by atoms with Gasteiger partial charge in [0.25, 0.3) is 0 Å². The number of fused-ring (bicyclic) bond motifs is 3. The smallest absolute Gasteiger partial charge is 0.407 e. The van der Waals surface area contributed by atoms with Gasteiger partial charge >= 0.3 is 12.1 Å². The predicted molar refractivity (Wildman–Crippen MR) is 103 cm³/mol. The van der Waals surface area contributed by atoms with E-state index in [0.717, 1.165) is 0 Å². The summed E-state index contributed by atoms with van der Waals surface area (Å²) in [5.41, 5.74) is 4.71. The van der Waals surface area contributed by atoms with Gasteiger partial charge in [-0.1, -0.05) is 62.4 Å². The Morgan fingerprint density at radius 3 is 2.07 bits per heavy atom. The zero-order chi connectivity index (χ0) is 19.4. The highest BCUT2D eigenvalue weighted by atomic mass is 16.5. The van der Waals surface area contributed by atoms with Crippen LogP contribution in [-0.2, 0) is 14.3 Å². The van der Waals surface area contributed by atoms with Crippen LogP contribution in [0.5, 0.6) is 0 Å². The number of carbonyl (C=O) groups excluding carboxylic acids is 2. The molecule has 0 aromatic heterocycles. The highest BCUT2D eigenvalue weighted by Gasteiger charge is 2.29. The first kappa shape index (κ1) is 19.0. The van der Waals surface area contributed by atoms with Crippen LogP contribution in [0.4, 0.5) is 4.79 Å². The van der Waals surface area contributed by atoms with Crippen LogP contribution in [0.2, 0.25) is 0 Å². The van der Waals surface area contributed by atoms with Gasteiger partial charge in [-0.25, -0.2) is 4.79 Å². The maximum atomic E-state index is 12.3. The standard InChI is InChI=1S/C22H25NO4/c1-14(2)20(12-21(24)26-3)23-22(25)27-13-19-17-10-6-4-8-15(17)16-9-5-7-11-18(16)19/h4-11,14,19-20H,12-13H2,1-3H3,(H,23,25)/t20-/m1/s1. The van der Waals surface area contributed by atoms with Crippen molar-refractivity contribution in [2.24, 2.45) is 5.92 Å². The molecule has 5 nitrogen and oxygen atoms in total. The molecule has 1 aliphatic carbocycles. The second-order valence-electron chi connectivity index (χ2n) is 7.10. The van der Waals surface area contributed by atoms with Crippen LogP contribution in [0.1, 0.15) is 37.3 Å². The molecule has 0 aliphatic heterocycles. The van der Waals surface area contributed by atoms with E-state index in [4.69, 9.17) is 9.47 Å². The third-order valence-corrected chi connectivity index (χ3v) is 5.07. The molecule has 2 aromatic rings. The van der Waals surface area contributed by atoms with Gasteiger partial charge < -0.3 is 14.8 Å². The Morgan fingerprint density at radius 2 is 1.56 bits per heavy atom. The number of hydrogen-bond donors (Lipinski definition) is 1. The number of amides is 1. The fourth-order valence-electron chi connectivity index (χ4n) is 3.51. The molecular formula is C22H25NO4. The molecule has 0 saturated carbocycles. The molecule has 0 saturated heterocycles. The molecule has 142 valence electrons. The Morgan fingerprint density at radius 1 is 1.00 bits per heavy atom. The van der Waals surface area contributed by atoms with Crippen molar-refractivity contribution in [1.29, 1.82) is 0 Å². The van der Waals surface area contributed by atoms with Crippen molar-refractivity contribution in [1.82, 2.24) is 5.32 Å². The van der Waals surface area contributed by atoms with Crippen molar-refractivity contribution in [2.45, 2.75) is 32.2 Å². The summed E-state index contributed by atoms with van der Waals surface area (Å²) < 4.78 is 10.2. The Balaban J connectivity index is 1.68. The lowest BCUT2D eigenvalue weighted by molar-refractivity contribution is -0.141. The lowest BCUT2D eigenvalue weighted by Gasteiger charge is -2.22. The van der Waals surface area contributed by atoms with Gasteiger partial charge in [-0.05, 0) is 28.2 Å². The summed E-state index contributed by atoms with van der Waals surface area (Å²) in [4.78, 5) is 23.9. The van der Waals surface area contributed by atoms with E-state index < -0.39 is 6.09 Å². The molecule has 0 bridgehead atoms. The summed E-state index contributed by atoms with van der Waals surface area (Å²) in [6.07, 6.45) is -0.391. The number of ether oxygens (including phenoxy) is 2.